The molecule has 0 aromatic heterocycles. The number of hydrogen-bond donors (Lipinski definition) is 3. The lowest BCUT2D eigenvalue weighted by atomic mass is 9.81. The molecule has 4 rings (SSSR count). The summed E-state index contributed by atoms with van der Waals surface area (Å²) in [5, 5.41) is 33.2. The summed E-state index contributed by atoms with van der Waals surface area (Å²) in [6.07, 6.45) is 3.61. The van der Waals surface area contributed by atoms with Crippen LogP contribution >= 0.6 is 0 Å². The predicted molar refractivity (Wildman–Crippen MR) is 253 cm³/mol. The van der Waals surface area contributed by atoms with Gasteiger partial charge >= 0.3 is 5.97 Å². The number of hydrogen-bond acceptors (Lipinski definition) is 12. The number of carbonyl (C=O) groups excluding carboxylic acids is 4. The molecule has 3 fully saturated rings. The van der Waals surface area contributed by atoms with Gasteiger partial charge < -0.3 is 43.6 Å². The Morgan fingerprint density at radius 2 is 1.49 bits per heavy atom. The maximum absolute atomic E-state index is 14.9. The quantitative estimate of drug-likeness (QED) is 0.0833. The fourth-order valence-electron chi connectivity index (χ4n) is 12.0. The standard InChI is InChI=1S/C51H87NO12Si/c1-15-38-23-32(8)22-33(9)24-44(60-13)47-45(61-14)26-35(11)51(59,63-47)48(56)49(57)52-21-17-16-18-39(52)50(58)62-46(34(10)25-37-19-20-40(53)42(55)27-37)36(12)43(28-41(38)54)64-65(29(2)3,30(4)5)31(6)7/h23,25,29-31,33,35-40,42-47,53,55,59H,15-22,24,26-28H2,1-14H3/b32-23+,34-25?. The molecule has 372 valence electrons. The maximum Gasteiger partial charge on any atom is 0.329 e. The average Bonchev–Trinajstić information content (AvgIpc) is 3.25. The molecule has 1 aliphatic carbocycles. The highest BCUT2D eigenvalue weighted by Crippen LogP contribution is 2.46. The zero-order valence-corrected chi connectivity index (χ0v) is 43.3. The fraction of sp³-hybridized carbons (Fsp3) is 0.843. The highest BCUT2D eigenvalue weighted by atomic mass is 28.4. The van der Waals surface area contributed by atoms with E-state index in [1.165, 1.54) is 4.90 Å². The zero-order chi connectivity index (χ0) is 48.7. The van der Waals surface area contributed by atoms with Crippen LogP contribution in [0.15, 0.2) is 23.3 Å². The molecule has 14 atom stereocenters. The lowest BCUT2D eigenvalue weighted by Gasteiger charge is -2.47. The van der Waals surface area contributed by atoms with Crippen LogP contribution in [-0.4, -0.2) is 127 Å². The number of rotatable bonds is 10. The van der Waals surface area contributed by atoms with Gasteiger partial charge in [0.2, 0.25) is 14.1 Å². The molecule has 3 heterocycles. The van der Waals surface area contributed by atoms with E-state index in [1.807, 2.05) is 33.8 Å². The van der Waals surface area contributed by atoms with Crippen LogP contribution in [0.25, 0.3) is 0 Å². The Hall–Kier alpha value is -2.30. The van der Waals surface area contributed by atoms with Gasteiger partial charge in [-0.25, -0.2) is 4.79 Å². The second-order valence-electron chi connectivity index (χ2n) is 21.4. The molecular formula is C51H87NO12Si. The van der Waals surface area contributed by atoms with Gasteiger partial charge in [0.25, 0.3) is 11.7 Å². The first-order valence-corrected chi connectivity index (χ1v) is 27.0. The highest BCUT2D eigenvalue weighted by molar-refractivity contribution is 6.77. The van der Waals surface area contributed by atoms with E-state index in [-0.39, 0.29) is 60.0 Å². The minimum atomic E-state index is -2.65. The molecule has 14 unspecified atom stereocenters. The van der Waals surface area contributed by atoms with Crippen molar-refractivity contribution in [3.05, 3.63) is 23.3 Å². The molecule has 1 saturated carbocycles. The van der Waals surface area contributed by atoms with E-state index in [1.54, 1.807) is 21.1 Å². The summed E-state index contributed by atoms with van der Waals surface area (Å²) in [7, 11) is 0.449. The second-order valence-corrected chi connectivity index (χ2v) is 26.8. The number of ether oxygens (including phenoxy) is 4. The second kappa shape index (κ2) is 23.8. The van der Waals surface area contributed by atoms with Crippen molar-refractivity contribution in [2.75, 3.05) is 20.8 Å². The van der Waals surface area contributed by atoms with Gasteiger partial charge in [-0.1, -0.05) is 87.0 Å². The van der Waals surface area contributed by atoms with E-state index in [0.29, 0.717) is 51.4 Å². The fourth-order valence-corrected chi connectivity index (χ4v) is 17.6. The topological polar surface area (TPSA) is 178 Å². The van der Waals surface area contributed by atoms with Crippen molar-refractivity contribution in [2.45, 2.75) is 225 Å². The molecule has 0 radical (unpaired) electrons. The molecule has 3 N–H and O–H groups in total. The van der Waals surface area contributed by atoms with Gasteiger partial charge in [0.1, 0.15) is 24.0 Å². The lowest BCUT2D eigenvalue weighted by molar-refractivity contribution is -0.302. The predicted octanol–water partition coefficient (Wildman–Crippen LogP) is 8.02. The third-order valence-electron chi connectivity index (χ3n) is 15.6. The SMILES string of the molecule is CCC1/C=C(\C)CC(C)CC(OC)C2OC(O)(C(=O)C(=O)N3CCCCC3C(=O)OC(C(C)=CC3CCC(O)C(O)C3)C(C)C(O[Si](C(C)C)(C(C)C)C(C)C)CC1=O)C(C)CC2OC. The number of esters is 1. The first-order chi connectivity index (χ1) is 30.5. The molecule has 4 aliphatic rings. The largest absolute Gasteiger partial charge is 0.456 e. The maximum atomic E-state index is 14.9. The van der Waals surface area contributed by atoms with Crippen LogP contribution < -0.4 is 0 Å². The van der Waals surface area contributed by atoms with Gasteiger partial charge in [0.05, 0.1) is 30.5 Å². The first kappa shape index (κ1) is 55.3. The van der Waals surface area contributed by atoms with Crippen LogP contribution in [-0.2, 0) is 42.6 Å². The number of allylic oxidation sites excluding steroid dienone is 3. The van der Waals surface area contributed by atoms with Gasteiger partial charge in [0, 0.05) is 44.9 Å². The minimum Gasteiger partial charge on any atom is -0.456 e. The molecule has 1 amide bonds. The van der Waals surface area contributed by atoms with Crippen LogP contribution in [0.3, 0.4) is 0 Å². The molecule has 2 saturated heterocycles. The third-order valence-corrected chi connectivity index (χ3v) is 21.8. The number of piperidine rings is 1. The Bertz CT molecular complexity index is 1660. The van der Waals surface area contributed by atoms with Crippen molar-refractivity contribution >= 4 is 31.8 Å². The van der Waals surface area contributed by atoms with E-state index < -0.39 is 98.3 Å². The number of carbonyl (C=O) groups is 4. The van der Waals surface area contributed by atoms with Gasteiger partial charge in [-0.15, -0.1) is 0 Å². The number of aliphatic hydroxyl groups excluding tert-OH is 2. The van der Waals surface area contributed by atoms with Gasteiger partial charge in [-0.3, -0.25) is 14.4 Å². The molecule has 0 aromatic carbocycles. The van der Waals surface area contributed by atoms with Crippen molar-refractivity contribution in [3.63, 3.8) is 0 Å². The van der Waals surface area contributed by atoms with Crippen LogP contribution in [0.4, 0.5) is 0 Å². The van der Waals surface area contributed by atoms with E-state index in [4.69, 9.17) is 23.4 Å². The highest BCUT2D eigenvalue weighted by Gasteiger charge is 2.57. The number of nitrogens with zero attached hydrogens (tertiary/aromatic N) is 1. The number of amides is 1. The Kier molecular flexibility index (Phi) is 20.3. The number of ketones is 2. The number of methoxy groups -OCH3 is 2. The summed E-state index contributed by atoms with van der Waals surface area (Å²) in [5.74, 6) is -7.15. The smallest absolute Gasteiger partial charge is 0.329 e. The normalized spacial score (nSPS) is 38.0. The average molecular weight is 934 g/mol. The molecule has 14 heteroatoms. The number of aliphatic hydroxyl groups is 3. The van der Waals surface area contributed by atoms with E-state index in [2.05, 4.69) is 54.5 Å². The summed E-state index contributed by atoms with van der Waals surface area (Å²) >= 11 is 0. The van der Waals surface area contributed by atoms with Crippen LogP contribution in [0.2, 0.25) is 16.6 Å². The Balaban J connectivity index is 1.93. The zero-order valence-electron chi connectivity index (χ0n) is 42.3. The summed E-state index contributed by atoms with van der Waals surface area (Å²) in [6, 6.07) is -1.13. The summed E-state index contributed by atoms with van der Waals surface area (Å²) < 4.78 is 32.4. The summed E-state index contributed by atoms with van der Waals surface area (Å²) in [6.45, 7) is 25.0. The van der Waals surface area contributed by atoms with Gasteiger partial charge in [0.15, 0.2) is 0 Å². The minimum absolute atomic E-state index is 0.0379. The van der Waals surface area contributed by atoms with E-state index >= 15 is 0 Å². The Morgan fingerprint density at radius 3 is 2.06 bits per heavy atom. The number of cyclic esters (lactones) is 1. The number of fused-ring (bicyclic) bond motifs is 3. The summed E-state index contributed by atoms with van der Waals surface area (Å²) in [5.41, 5.74) is 2.35. The van der Waals surface area contributed by atoms with Gasteiger partial charge in [-0.2, -0.15) is 0 Å². The lowest BCUT2D eigenvalue weighted by Crippen LogP contribution is -2.64. The van der Waals surface area contributed by atoms with Crippen LogP contribution in [0, 0.1) is 29.6 Å². The molecule has 0 spiro atoms. The van der Waals surface area contributed by atoms with Crippen molar-refractivity contribution in [2.24, 2.45) is 29.6 Å². The van der Waals surface area contributed by atoms with E-state index in [0.717, 1.165) is 11.1 Å². The van der Waals surface area contributed by atoms with Crippen molar-refractivity contribution in [1.82, 2.24) is 4.90 Å². The van der Waals surface area contributed by atoms with Crippen LogP contribution in [0.5, 0.6) is 0 Å². The first-order valence-electron chi connectivity index (χ1n) is 24.9. The van der Waals surface area contributed by atoms with Crippen molar-refractivity contribution < 1.29 is 57.9 Å². The van der Waals surface area contributed by atoms with Crippen molar-refractivity contribution in [1.29, 1.82) is 0 Å². The molecule has 13 nitrogen and oxygen atoms in total. The van der Waals surface area contributed by atoms with Gasteiger partial charge in [-0.05, 0) is 112 Å². The Morgan fingerprint density at radius 1 is 0.877 bits per heavy atom. The summed E-state index contributed by atoms with van der Waals surface area (Å²) in [4.78, 5) is 60.0. The monoisotopic (exact) mass is 934 g/mol. The van der Waals surface area contributed by atoms with E-state index in [9.17, 15) is 34.5 Å². The molecular weight excluding hydrogens is 847 g/mol. The van der Waals surface area contributed by atoms with Crippen molar-refractivity contribution in [3.8, 4) is 0 Å². The van der Waals surface area contributed by atoms with Crippen LogP contribution in [0.1, 0.15) is 154 Å². The Labute approximate surface area is 391 Å². The molecule has 65 heavy (non-hydrogen) atoms. The number of Topliss-reactive ketones (excluding diaryl/α,β-unsaturated/α-hetero) is 2. The third kappa shape index (κ3) is 12.7. The molecule has 3 aliphatic heterocycles. The molecule has 0 aromatic rings. The molecule has 2 bridgehead atoms.